The molecule has 1 aliphatic rings. The molecule has 2 aromatic rings. The minimum Gasteiger partial charge on any atom is -0.496 e. The zero-order valence-electron chi connectivity index (χ0n) is 13.3. The fourth-order valence-electron chi connectivity index (χ4n) is 2.31. The Morgan fingerprint density at radius 2 is 1.92 bits per heavy atom. The molecule has 0 unspecified atom stereocenters. The first-order chi connectivity index (χ1) is 11.8. The van der Waals surface area contributed by atoms with E-state index in [0.717, 1.165) is 16.9 Å². The molecular formula is C18H17N3O2S. The summed E-state index contributed by atoms with van der Waals surface area (Å²) in [5.41, 5.74) is 1.91. The molecule has 1 aliphatic heterocycles. The van der Waals surface area contributed by atoms with E-state index in [1.54, 1.807) is 18.2 Å². The first kappa shape index (κ1) is 16.3. The molecule has 1 amide bonds. The van der Waals surface area contributed by atoms with Crippen LogP contribution < -0.4 is 4.74 Å². The van der Waals surface area contributed by atoms with Gasteiger partial charge in [0.2, 0.25) is 5.91 Å². The summed E-state index contributed by atoms with van der Waals surface area (Å²) in [7, 11) is 1.62. The fourth-order valence-corrected chi connectivity index (χ4v) is 3.14. The standard InChI is InChI=1S/C18H17N3O2S/c1-23-16-10-6-5-9-15(16)11-19-20-18-21(17(22)13-24-18)12-14-7-3-2-4-8-14/h2-11H,12-13H2,1H3/b19-11+,20-18+. The molecule has 2 aromatic carbocycles. The Balaban J connectivity index is 1.75. The van der Waals surface area contributed by atoms with Crippen molar-refractivity contribution >= 4 is 29.1 Å². The third kappa shape index (κ3) is 3.83. The number of amides is 1. The van der Waals surface area contributed by atoms with Crippen LogP contribution in [0.4, 0.5) is 0 Å². The highest BCUT2D eigenvalue weighted by Crippen LogP contribution is 2.22. The number of thioether (sulfide) groups is 1. The van der Waals surface area contributed by atoms with Gasteiger partial charge in [-0.15, -0.1) is 5.10 Å². The van der Waals surface area contributed by atoms with Gasteiger partial charge in [-0.3, -0.25) is 9.69 Å². The number of methoxy groups -OCH3 is 1. The first-order valence-corrected chi connectivity index (χ1v) is 8.47. The van der Waals surface area contributed by atoms with Crippen LogP contribution in [-0.2, 0) is 11.3 Å². The van der Waals surface area contributed by atoms with E-state index in [2.05, 4.69) is 10.2 Å². The van der Waals surface area contributed by atoms with Crippen molar-refractivity contribution in [2.24, 2.45) is 10.2 Å². The van der Waals surface area contributed by atoms with Gasteiger partial charge >= 0.3 is 0 Å². The zero-order chi connectivity index (χ0) is 16.8. The van der Waals surface area contributed by atoms with Gasteiger partial charge in [-0.25, -0.2) is 0 Å². The van der Waals surface area contributed by atoms with Crippen LogP contribution in [0.15, 0.2) is 64.8 Å². The van der Waals surface area contributed by atoms with Gasteiger partial charge in [-0.2, -0.15) is 5.10 Å². The normalized spacial score (nSPS) is 16.3. The van der Waals surface area contributed by atoms with E-state index in [9.17, 15) is 4.79 Å². The summed E-state index contributed by atoms with van der Waals surface area (Å²) in [6, 6.07) is 17.4. The second kappa shape index (κ2) is 7.79. The molecule has 122 valence electrons. The van der Waals surface area contributed by atoms with E-state index in [1.165, 1.54) is 11.8 Å². The summed E-state index contributed by atoms with van der Waals surface area (Å²) in [6.45, 7) is 0.510. The maximum Gasteiger partial charge on any atom is 0.239 e. The Morgan fingerprint density at radius 1 is 1.17 bits per heavy atom. The second-order valence-electron chi connectivity index (χ2n) is 5.12. The topological polar surface area (TPSA) is 54.3 Å². The predicted octanol–water partition coefficient (Wildman–Crippen LogP) is 3.16. The Labute approximate surface area is 145 Å². The molecule has 0 aliphatic carbocycles. The Bertz CT molecular complexity index is 775. The fraction of sp³-hybridized carbons (Fsp3) is 0.167. The molecule has 24 heavy (non-hydrogen) atoms. The van der Waals surface area contributed by atoms with Gasteiger partial charge in [0.15, 0.2) is 5.17 Å². The van der Waals surface area contributed by atoms with E-state index in [0.29, 0.717) is 17.5 Å². The average molecular weight is 339 g/mol. The van der Waals surface area contributed by atoms with Crippen LogP contribution in [0.25, 0.3) is 0 Å². The lowest BCUT2D eigenvalue weighted by Crippen LogP contribution is -2.28. The summed E-state index contributed by atoms with van der Waals surface area (Å²) in [4.78, 5) is 13.7. The van der Waals surface area contributed by atoms with Gasteiger partial charge in [0.1, 0.15) is 5.75 Å². The highest BCUT2D eigenvalue weighted by atomic mass is 32.2. The van der Waals surface area contributed by atoms with E-state index >= 15 is 0 Å². The van der Waals surface area contributed by atoms with Crippen LogP contribution in [0.2, 0.25) is 0 Å². The van der Waals surface area contributed by atoms with Gasteiger partial charge in [-0.1, -0.05) is 54.2 Å². The summed E-state index contributed by atoms with van der Waals surface area (Å²) in [5.74, 6) is 1.18. The SMILES string of the molecule is COc1ccccc1/C=N/N=C1/SCC(=O)N1Cc1ccccc1. The lowest BCUT2D eigenvalue weighted by atomic mass is 10.2. The third-order valence-corrected chi connectivity index (χ3v) is 4.47. The lowest BCUT2D eigenvalue weighted by Gasteiger charge is -2.14. The molecule has 1 saturated heterocycles. The molecule has 0 radical (unpaired) electrons. The van der Waals surface area contributed by atoms with E-state index in [-0.39, 0.29) is 5.91 Å². The number of hydrogen-bond donors (Lipinski definition) is 0. The number of para-hydroxylation sites is 1. The van der Waals surface area contributed by atoms with Crippen molar-refractivity contribution in [3.8, 4) is 5.75 Å². The highest BCUT2D eigenvalue weighted by molar-refractivity contribution is 8.15. The van der Waals surface area contributed by atoms with E-state index in [4.69, 9.17) is 4.74 Å². The summed E-state index contributed by atoms with van der Waals surface area (Å²) in [5, 5.41) is 8.97. The minimum absolute atomic E-state index is 0.0510. The molecule has 0 atom stereocenters. The predicted molar refractivity (Wildman–Crippen MR) is 97.5 cm³/mol. The molecule has 1 heterocycles. The molecular weight excluding hydrogens is 322 g/mol. The van der Waals surface area contributed by atoms with Crippen molar-refractivity contribution < 1.29 is 9.53 Å². The van der Waals surface area contributed by atoms with Crippen LogP contribution in [0.5, 0.6) is 5.75 Å². The largest absolute Gasteiger partial charge is 0.496 e. The maximum atomic E-state index is 12.1. The quantitative estimate of drug-likeness (QED) is 0.621. The van der Waals surface area contributed by atoms with Crippen LogP contribution >= 0.6 is 11.8 Å². The van der Waals surface area contributed by atoms with Crippen molar-refractivity contribution in [3.63, 3.8) is 0 Å². The number of ether oxygens (including phenoxy) is 1. The van der Waals surface area contributed by atoms with Crippen LogP contribution in [0, 0.1) is 0 Å². The Morgan fingerprint density at radius 3 is 2.71 bits per heavy atom. The zero-order valence-corrected chi connectivity index (χ0v) is 14.1. The van der Waals surface area contributed by atoms with Crippen molar-refractivity contribution in [2.45, 2.75) is 6.54 Å². The number of benzene rings is 2. The number of nitrogens with zero attached hydrogens (tertiary/aromatic N) is 3. The summed E-state index contributed by atoms with van der Waals surface area (Å²) in [6.07, 6.45) is 1.63. The van der Waals surface area contributed by atoms with Crippen molar-refractivity contribution in [1.29, 1.82) is 0 Å². The molecule has 1 fully saturated rings. The number of hydrogen-bond acceptors (Lipinski definition) is 5. The molecule has 0 bridgehead atoms. The minimum atomic E-state index is 0.0510. The Kier molecular flexibility index (Phi) is 5.28. The highest BCUT2D eigenvalue weighted by Gasteiger charge is 2.28. The third-order valence-electron chi connectivity index (χ3n) is 3.52. The first-order valence-electron chi connectivity index (χ1n) is 7.49. The smallest absolute Gasteiger partial charge is 0.239 e. The van der Waals surface area contributed by atoms with Crippen molar-refractivity contribution in [2.75, 3.05) is 12.9 Å². The summed E-state index contributed by atoms with van der Waals surface area (Å²) < 4.78 is 5.28. The van der Waals surface area contributed by atoms with Crippen LogP contribution in [-0.4, -0.2) is 35.1 Å². The summed E-state index contributed by atoms with van der Waals surface area (Å²) >= 11 is 1.40. The molecule has 0 saturated carbocycles. The molecule has 6 heteroatoms. The van der Waals surface area contributed by atoms with E-state index in [1.807, 2.05) is 54.6 Å². The second-order valence-corrected chi connectivity index (χ2v) is 6.07. The van der Waals surface area contributed by atoms with Gasteiger partial charge in [0, 0.05) is 5.56 Å². The lowest BCUT2D eigenvalue weighted by molar-refractivity contribution is -0.124. The van der Waals surface area contributed by atoms with Crippen molar-refractivity contribution in [1.82, 2.24) is 4.90 Å². The number of amidine groups is 1. The van der Waals surface area contributed by atoms with Gasteiger partial charge in [0.25, 0.3) is 0 Å². The monoisotopic (exact) mass is 339 g/mol. The van der Waals surface area contributed by atoms with E-state index < -0.39 is 0 Å². The molecule has 5 nitrogen and oxygen atoms in total. The number of rotatable bonds is 5. The van der Waals surface area contributed by atoms with Gasteiger partial charge in [-0.05, 0) is 17.7 Å². The van der Waals surface area contributed by atoms with Crippen LogP contribution in [0.3, 0.4) is 0 Å². The van der Waals surface area contributed by atoms with Gasteiger partial charge in [0.05, 0.1) is 25.6 Å². The van der Waals surface area contributed by atoms with Crippen molar-refractivity contribution in [3.05, 3.63) is 65.7 Å². The molecule has 0 N–H and O–H groups in total. The molecule has 3 rings (SSSR count). The Hall–Kier alpha value is -2.60. The van der Waals surface area contributed by atoms with Gasteiger partial charge < -0.3 is 4.74 Å². The average Bonchev–Trinajstić information content (AvgIpc) is 2.96. The van der Waals surface area contributed by atoms with Crippen LogP contribution in [0.1, 0.15) is 11.1 Å². The number of carbonyl (C=O) groups is 1. The molecule has 0 spiro atoms. The maximum absolute atomic E-state index is 12.1. The number of carbonyl (C=O) groups excluding carboxylic acids is 1. The molecule has 0 aromatic heterocycles.